The number of aromatic nitrogens is 1. The molecule has 0 aliphatic carbocycles. The van der Waals surface area contributed by atoms with Gasteiger partial charge in [-0.15, -0.1) is 0 Å². The van der Waals surface area contributed by atoms with Crippen LogP contribution in [0.1, 0.15) is 19.8 Å². The first-order chi connectivity index (χ1) is 9.63. The Hall–Kier alpha value is -1.66. The van der Waals surface area contributed by atoms with Crippen LogP contribution in [0.2, 0.25) is 0 Å². The first-order valence-corrected chi connectivity index (χ1v) is 7.41. The molecule has 0 aliphatic rings. The number of nitrogens with one attached hydrogen (secondary N) is 1. The van der Waals surface area contributed by atoms with Crippen LogP contribution >= 0.6 is 11.3 Å². The third-order valence-corrected chi connectivity index (χ3v) is 4.05. The van der Waals surface area contributed by atoms with Crippen LogP contribution in [-0.2, 0) is 4.79 Å². The Balaban J connectivity index is 2.07. The van der Waals surface area contributed by atoms with Crippen LogP contribution in [0.4, 0.5) is 5.13 Å². The average molecular weight is 293 g/mol. The molecule has 0 saturated carbocycles. The number of methoxy groups -OCH3 is 1. The number of nitrogens with two attached hydrogens (primary N) is 1. The van der Waals surface area contributed by atoms with Crippen molar-refractivity contribution in [2.45, 2.75) is 19.8 Å². The maximum absolute atomic E-state index is 12.0. The summed E-state index contributed by atoms with van der Waals surface area (Å²) < 4.78 is 6.17. The normalized spacial score (nSPS) is 12.3. The van der Waals surface area contributed by atoms with E-state index in [0.29, 0.717) is 11.7 Å². The van der Waals surface area contributed by atoms with Gasteiger partial charge in [-0.1, -0.05) is 18.3 Å². The van der Waals surface area contributed by atoms with Crippen LogP contribution in [0.25, 0.3) is 10.2 Å². The fourth-order valence-corrected chi connectivity index (χ4v) is 2.77. The molecule has 6 heteroatoms. The Bertz CT molecular complexity index is 597. The molecular weight excluding hydrogens is 274 g/mol. The number of thiazole rings is 1. The molecule has 20 heavy (non-hydrogen) atoms. The fraction of sp³-hybridized carbons (Fsp3) is 0.429. The lowest BCUT2D eigenvalue weighted by molar-refractivity contribution is -0.119. The minimum atomic E-state index is -0.0555. The van der Waals surface area contributed by atoms with Crippen molar-refractivity contribution in [3.63, 3.8) is 0 Å². The number of fused-ring (bicyclic) bond motifs is 1. The molecule has 2 rings (SSSR count). The van der Waals surface area contributed by atoms with E-state index in [4.69, 9.17) is 10.5 Å². The number of carbonyl (C=O) groups is 1. The van der Waals surface area contributed by atoms with Crippen LogP contribution in [0, 0.1) is 5.92 Å². The summed E-state index contributed by atoms with van der Waals surface area (Å²) in [6, 6.07) is 5.66. The van der Waals surface area contributed by atoms with E-state index in [1.54, 1.807) is 7.11 Å². The predicted octanol–water partition coefficient (Wildman–Crippen LogP) is 2.62. The molecule has 1 aromatic heterocycles. The second kappa shape index (κ2) is 6.67. The van der Waals surface area contributed by atoms with Crippen molar-refractivity contribution in [2.75, 3.05) is 19.0 Å². The molecule has 5 nitrogen and oxygen atoms in total. The second-order valence-electron chi connectivity index (χ2n) is 4.67. The van der Waals surface area contributed by atoms with Gasteiger partial charge < -0.3 is 15.8 Å². The van der Waals surface area contributed by atoms with Gasteiger partial charge in [0.2, 0.25) is 5.91 Å². The zero-order valence-corrected chi connectivity index (χ0v) is 12.5. The molecule has 3 N–H and O–H groups in total. The van der Waals surface area contributed by atoms with Gasteiger partial charge in [0.25, 0.3) is 0 Å². The Morgan fingerprint density at radius 2 is 2.35 bits per heavy atom. The maximum Gasteiger partial charge on any atom is 0.228 e. The molecule has 108 valence electrons. The number of rotatable bonds is 6. The molecule has 1 heterocycles. The number of nitrogens with zero attached hydrogens (tertiary/aromatic N) is 1. The molecular formula is C14H19N3O2S. The summed E-state index contributed by atoms with van der Waals surface area (Å²) >= 11 is 1.45. The largest absolute Gasteiger partial charge is 0.497 e. The number of hydrogen-bond donors (Lipinski definition) is 2. The number of hydrogen-bond acceptors (Lipinski definition) is 5. The topological polar surface area (TPSA) is 77.2 Å². The van der Waals surface area contributed by atoms with Gasteiger partial charge >= 0.3 is 0 Å². The van der Waals surface area contributed by atoms with Crippen molar-refractivity contribution in [3.8, 4) is 5.75 Å². The first-order valence-electron chi connectivity index (χ1n) is 6.59. The molecule has 2 aromatic rings. The Morgan fingerprint density at radius 3 is 3.05 bits per heavy atom. The van der Waals surface area contributed by atoms with E-state index in [9.17, 15) is 4.79 Å². The lowest BCUT2D eigenvalue weighted by Crippen LogP contribution is -2.21. The van der Waals surface area contributed by atoms with Crippen molar-refractivity contribution < 1.29 is 9.53 Å². The van der Waals surface area contributed by atoms with Crippen molar-refractivity contribution in [1.82, 2.24) is 4.98 Å². The van der Waals surface area contributed by atoms with Crippen LogP contribution in [0.15, 0.2) is 18.2 Å². The van der Waals surface area contributed by atoms with Crippen LogP contribution < -0.4 is 15.8 Å². The van der Waals surface area contributed by atoms with Crippen molar-refractivity contribution >= 4 is 32.6 Å². The highest BCUT2D eigenvalue weighted by molar-refractivity contribution is 7.22. The highest BCUT2D eigenvalue weighted by Gasteiger charge is 2.14. The quantitative estimate of drug-likeness (QED) is 0.858. The summed E-state index contributed by atoms with van der Waals surface area (Å²) in [6.45, 7) is 2.51. The second-order valence-corrected chi connectivity index (χ2v) is 5.70. The van der Waals surface area contributed by atoms with Gasteiger partial charge in [-0.25, -0.2) is 4.98 Å². The third-order valence-electron chi connectivity index (χ3n) is 3.11. The molecule has 0 aliphatic heterocycles. The standard InChI is InChI=1S/C14H19N3O2S/c1-9(4-3-7-15)13(18)17-14-16-11-6-5-10(19-2)8-12(11)20-14/h5-6,8-9H,3-4,7,15H2,1-2H3,(H,16,17,18). The van der Waals surface area contributed by atoms with Gasteiger partial charge in [0.1, 0.15) is 5.75 Å². The van der Waals surface area contributed by atoms with Crippen molar-refractivity contribution in [3.05, 3.63) is 18.2 Å². The van der Waals surface area contributed by atoms with E-state index < -0.39 is 0 Å². The molecule has 1 unspecified atom stereocenters. The van der Waals surface area contributed by atoms with Crippen molar-refractivity contribution in [2.24, 2.45) is 11.7 Å². The van der Waals surface area contributed by atoms with E-state index >= 15 is 0 Å². The van der Waals surface area contributed by atoms with E-state index in [0.717, 1.165) is 28.8 Å². The molecule has 0 bridgehead atoms. The van der Waals surface area contributed by atoms with Gasteiger partial charge in [-0.2, -0.15) is 0 Å². The van der Waals surface area contributed by atoms with Gasteiger partial charge in [0.15, 0.2) is 5.13 Å². The summed E-state index contributed by atoms with van der Waals surface area (Å²) in [5.41, 5.74) is 6.32. The summed E-state index contributed by atoms with van der Waals surface area (Å²) in [7, 11) is 1.63. The third kappa shape index (κ3) is 3.46. The van der Waals surface area contributed by atoms with E-state index in [1.807, 2.05) is 25.1 Å². The zero-order chi connectivity index (χ0) is 14.5. The molecule has 0 radical (unpaired) electrons. The zero-order valence-electron chi connectivity index (χ0n) is 11.7. The molecule has 1 atom stereocenters. The van der Waals surface area contributed by atoms with E-state index in [1.165, 1.54) is 11.3 Å². The minimum absolute atomic E-state index is 0.00975. The Morgan fingerprint density at radius 1 is 1.55 bits per heavy atom. The highest BCUT2D eigenvalue weighted by Crippen LogP contribution is 2.29. The summed E-state index contributed by atoms with van der Waals surface area (Å²) in [5, 5.41) is 3.49. The van der Waals surface area contributed by atoms with Gasteiger partial charge in [-0.05, 0) is 37.6 Å². The lowest BCUT2D eigenvalue weighted by Gasteiger charge is -2.09. The van der Waals surface area contributed by atoms with Gasteiger partial charge in [-0.3, -0.25) is 4.79 Å². The minimum Gasteiger partial charge on any atom is -0.497 e. The summed E-state index contributed by atoms with van der Waals surface area (Å²) in [6.07, 6.45) is 1.65. The molecule has 1 aromatic carbocycles. The van der Waals surface area contributed by atoms with Crippen LogP contribution in [-0.4, -0.2) is 24.5 Å². The van der Waals surface area contributed by atoms with Crippen molar-refractivity contribution in [1.29, 1.82) is 0 Å². The first kappa shape index (κ1) is 14.7. The van der Waals surface area contributed by atoms with Crippen LogP contribution in [0.3, 0.4) is 0 Å². The van der Waals surface area contributed by atoms with E-state index in [-0.39, 0.29) is 11.8 Å². The maximum atomic E-state index is 12.0. The SMILES string of the molecule is COc1ccc2nc(NC(=O)C(C)CCCN)sc2c1. The number of anilines is 1. The average Bonchev–Trinajstić information content (AvgIpc) is 2.85. The van der Waals surface area contributed by atoms with Gasteiger partial charge in [0.05, 0.1) is 17.3 Å². The van der Waals surface area contributed by atoms with Gasteiger partial charge in [0, 0.05) is 5.92 Å². The fourth-order valence-electron chi connectivity index (χ4n) is 1.87. The van der Waals surface area contributed by atoms with E-state index in [2.05, 4.69) is 10.3 Å². The summed E-state index contributed by atoms with van der Waals surface area (Å²) in [4.78, 5) is 16.4. The number of amides is 1. The number of ether oxygens (including phenoxy) is 1. The monoisotopic (exact) mass is 293 g/mol. The highest BCUT2D eigenvalue weighted by atomic mass is 32.1. The number of benzene rings is 1. The predicted molar refractivity (Wildman–Crippen MR) is 82.3 cm³/mol. The molecule has 0 saturated heterocycles. The number of carbonyl (C=O) groups excluding carboxylic acids is 1. The smallest absolute Gasteiger partial charge is 0.228 e. The Kier molecular flexibility index (Phi) is 4.92. The Labute approximate surface area is 122 Å². The summed E-state index contributed by atoms with van der Waals surface area (Å²) in [5.74, 6) is 0.722. The molecule has 0 spiro atoms. The molecule has 1 amide bonds. The molecule has 0 fully saturated rings. The lowest BCUT2D eigenvalue weighted by atomic mass is 10.1. The van der Waals surface area contributed by atoms with Crippen LogP contribution in [0.5, 0.6) is 5.75 Å².